The monoisotopic (exact) mass is 1220 g/mol. The highest BCUT2D eigenvalue weighted by Gasteiger charge is 2.54. The first kappa shape index (κ1) is 61.8. The third-order valence-electron chi connectivity index (χ3n) is 24.4. The van der Waals surface area contributed by atoms with Gasteiger partial charge in [0.15, 0.2) is 0 Å². The number of nitrogens with one attached hydrogen (secondary N) is 5. The Morgan fingerprint density at radius 1 is 0.478 bits per heavy atom. The molecule has 16 aliphatic rings. The van der Waals surface area contributed by atoms with Gasteiger partial charge in [0.05, 0.1) is 17.9 Å². The molecular weight excluding hydrogens is 1110 g/mol. The maximum absolute atomic E-state index is 11.9. The molecule has 90 heavy (non-hydrogen) atoms. The molecule has 11 nitrogen and oxygen atoms in total. The summed E-state index contributed by atoms with van der Waals surface area (Å²) in [5.41, 5.74) is 14.7. The van der Waals surface area contributed by atoms with Crippen LogP contribution >= 0.6 is 0 Å². The van der Waals surface area contributed by atoms with Crippen molar-refractivity contribution in [1.82, 2.24) is 21.3 Å². The summed E-state index contributed by atoms with van der Waals surface area (Å²) in [6.07, 6.45) is 36.1. The average Bonchev–Trinajstić information content (AvgIpc) is 0.837. The predicted octanol–water partition coefficient (Wildman–Crippen LogP) is 17.0. The topological polar surface area (TPSA) is 159 Å². The number of carbonyl (C=O) groups is 1. The molecule has 16 bridgehead atoms. The number of nitrogen functional groups attached to an aromatic ring is 1. The van der Waals surface area contributed by atoms with Crippen molar-refractivity contribution < 1.29 is 18.7 Å². The third kappa shape index (κ3) is 15.2. The van der Waals surface area contributed by atoms with Crippen LogP contribution in [0.15, 0.2) is 120 Å². The van der Waals surface area contributed by atoms with Gasteiger partial charge < -0.3 is 40.9 Å². The zero-order valence-corrected chi connectivity index (χ0v) is 54.6. The lowest BCUT2D eigenvalue weighted by Gasteiger charge is -2.57. The molecule has 7 N–H and O–H groups in total. The molecular formula is C79H105N7O4. The van der Waals surface area contributed by atoms with E-state index in [0.717, 1.165) is 126 Å². The van der Waals surface area contributed by atoms with Crippen molar-refractivity contribution >= 4 is 17.5 Å². The summed E-state index contributed by atoms with van der Waals surface area (Å²) in [6.45, 7) is 9.94. The van der Waals surface area contributed by atoms with Gasteiger partial charge in [0.25, 0.3) is 0 Å². The zero-order chi connectivity index (χ0) is 61.5. The quantitative estimate of drug-likeness (QED) is 0.0525. The number of anilines is 2. The maximum atomic E-state index is 11.9. The molecule has 1 aromatic heterocycles. The van der Waals surface area contributed by atoms with Crippen molar-refractivity contribution in [2.45, 2.75) is 235 Å². The van der Waals surface area contributed by atoms with Gasteiger partial charge in [0.1, 0.15) is 23.7 Å². The molecule has 1 amide bonds. The number of furan rings is 1. The molecule has 21 rings (SSSR count). The summed E-state index contributed by atoms with van der Waals surface area (Å²) in [4.78, 5) is 11.9. The molecule has 480 valence electrons. The zero-order valence-electron chi connectivity index (χ0n) is 54.6. The number of nitriles is 1. The van der Waals surface area contributed by atoms with E-state index in [-0.39, 0.29) is 0 Å². The first-order valence-corrected chi connectivity index (χ1v) is 35.7. The lowest BCUT2D eigenvalue weighted by Crippen LogP contribution is -2.58. The molecule has 0 saturated heterocycles. The molecule has 0 radical (unpaired) electrons. The van der Waals surface area contributed by atoms with Gasteiger partial charge in [-0.1, -0.05) is 48.5 Å². The number of ether oxygens (including phenoxy) is 2. The largest absolute Gasteiger partial charge is 0.486 e. The molecule has 0 atom stereocenters. The van der Waals surface area contributed by atoms with Crippen LogP contribution in [0, 0.1) is 82.3 Å². The summed E-state index contributed by atoms with van der Waals surface area (Å²) < 4.78 is 16.4. The van der Waals surface area contributed by atoms with Crippen molar-refractivity contribution in [2.75, 3.05) is 11.1 Å². The van der Waals surface area contributed by atoms with Gasteiger partial charge in [-0.05, 0) is 329 Å². The summed E-state index contributed by atoms with van der Waals surface area (Å²) in [5.74, 6) is 13.7. The summed E-state index contributed by atoms with van der Waals surface area (Å²) >= 11 is 0. The lowest BCUT2D eigenvalue weighted by atomic mass is 9.53. The first-order valence-electron chi connectivity index (χ1n) is 35.7. The fourth-order valence-electron chi connectivity index (χ4n) is 22.2. The van der Waals surface area contributed by atoms with Crippen LogP contribution in [0.4, 0.5) is 16.2 Å². The Morgan fingerprint density at radius 3 is 1.09 bits per heavy atom. The minimum absolute atomic E-state index is 0.391. The highest BCUT2D eigenvalue weighted by atomic mass is 16.6. The number of benzene rings is 4. The Hall–Kier alpha value is -5.64. The van der Waals surface area contributed by atoms with E-state index in [1.807, 2.05) is 69.3 Å². The molecule has 0 aliphatic heterocycles. The average molecular weight is 1220 g/mol. The van der Waals surface area contributed by atoms with Crippen molar-refractivity contribution in [3.8, 4) is 11.8 Å². The number of hydrogen-bond acceptors (Lipinski definition) is 10. The molecule has 11 heteroatoms. The van der Waals surface area contributed by atoms with Crippen LogP contribution in [0.2, 0.25) is 0 Å². The number of amides is 1. The molecule has 0 unspecified atom stereocenters. The van der Waals surface area contributed by atoms with Gasteiger partial charge in [0, 0.05) is 59.7 Å². The Labute approximate surface area is 538 Å². The Balaban J connectivity index is 0.000000106. The van der Waals surface area contributed by atoms with E-state index in [4.69, 9.17) is 24.9 Å². The predicted molar refractivity (Wildman–Crippen MR) is 359 cm³/mol. The van der Waals surface area contributed by atoms with Gasteiger partial charge in [0.2, 0.25) is 0 Å². The van der Waals surface area contributed by atoms with Gasteiger partial charge in [-0.15, -0.1) is 0 Å². The first-order chi connectivity index (χ1) is 43.5. The van der Waals surface area contributed by atoms with E-state index in [1.165, 1.54) is 176 Å². The van der Waals surface area contributed by atoms with Crippen LogP contribution < -0.4 is 37.1 Å². The van der Waals surface area contributed by atoms with Crippen LogP contribution in [-0.4, -0.2) is 33.8 Å². The number of nitrogens with two attached hydrogens (primary N) is 1. The van der Waals surface area contributed by atoms with E-state index in [2.05, 4.69) is 93.3 Å². The minimum atomic E-state index is -0.480. The van der Waals surface area contributed by atoms with E-state index in [9.17, 15) is 4.79 Å². The fraction of sp³-hybridized carbons (Fsp3) is 0.620. The van der Waals surface area contributed by atoms with Gasteiger partial charge in [-0.3, -0.25) is 5.32 Å². The molecule has 16 saturated carbocycles. The molecule has 5 aromatic rings. The second-order valence-corrected chi connectivity index (χ2v) is 33.1. The van der Waals surface area contributed by atoms with E-state index in [1.54, 1.807) is 6.26 Å². The number of hydrogen-bond donors (Lipinski definition) is 6. The standard InChI is InChI=1S/C22H32N2O2.C22H27NO2.C18H22N2.C17H24N2/c1-21(2,3)26-20(25)24-19-6-4-15(5-7-19)14-23-22-11-16-8-17(12-22)10-18(9-16)13-22;1-2-21(24-7-1)15-25-20-5-3-16(4-6-20)14-23-22-11-17-8-18(12-22)10-19(9-17)13-22;19-11-13-1-3-14(4-2-13)12-20-18-8-15-5-16(9-18)7-17(6-15)10-18;18-16-3-1-12(2-4-16)11-19-17-8-13-5-14(9-17)7-15(6-13)10-17/h4-7,16-18,23H,8-14H2,1-3H3,(H,24,25);1-7,17-19,23H,8-15H2;1-4,15-17,20H,5-10,12H2;1-4,13-15,19H,5-11,18H2. The lowest BCUT2D eigenvalue weighted by molar-refractivity contribution is -0.0207. The van der Waals surface area contributed by atoms with Gasteiger partial charge >= 0.3 is 6.09 Å². The van der Waals surface area contributed by atoms with Gasteiger partial charge in [-0.25, -0.2) is 4.79 Å². The molecule has 16 aliphatic carbocycles. The molecule has 0 spiro atoms. The highest BCUT2D eigenvalue weighted by molar-refractivity contribution is 5.84. The molecule has 4 aromatic carbocycles. The number of carbonyl (C=O) groups excluding carboxylic acids is 1. The van der Waals surface area contributed by atoms with Crippen molar-refractivity contribution in [2.24, 2.45) is 71.0 Å². The second kappa shape index (κ2) is 26.0. The Morgan fingerprint density at radius 2 is 0.789 bits per heavy atom. The van der Waals surface area contributed by atoms with E-state index < -0.39 is 11.7 Å². The molecule has 16 fully saturated rings. The molecule has 1 heterocycles. The Kier molecular flexibility index (Phi) is 17.9. The maximum Gasteiger partial charge on any atom is 0.412 e. The van der Waals surface area contributed by atoms with Crippen LogP contribution in [0.25, 0.3) is 0 Å². The number of rotatable bonds is 16. The van der Waals surface area contributed by atoms with Crippen LogP contribution in [0.1, 0.15) is 208 Å². The van der Waals surface area contributed by atoms with Crippen molar-refractivity contribution in [3.05, 3.63) is 149 Å². The van der Waals surface area contributed by atoms with Crippen LogP contribution in [-0.2, 0) is 37.5 Å². The number of nitrogens with zero attached hydrogens (tertiary/aromatic N) is 1. The smallest absolute Gasteiger partial charge is 0.412 e. The third-order valence-corrected chi connectivity index (χ3v) is 24.4. The minimum Gasteiger partial charge on any atom is -0.486 e. The second-order valence-electron chi connectivity index (χ2n) is 33.1. The SMILES string of the molecule is CC(C)(C)OC(=O)Nc1ccc(CNC23CC4CC(CC(C4)C2)C3)cc1.N#Cc1ccc(CNC23CC4CC(CC(C4)C2)C3)cc1.Nc1ccc(CNC23CC4CC(CC(C4)C2)C3)cc1.c1coc(COc2ccc(CNC34CC5CC(CC(C5)C3)C4)cc2)c1. The summed E-state index contributed by atoms with van der Waals surface area (Å²) in [7, 11) is 0. The highest BCUT2D eigenvalue weighted by Crippen LogP contribution is 2.59. The van der Waals surface area contributed by atoms with Gasteiger partial charge in [-0.2, -0.15) is 5.26 Å². The summed E-state index contributed by atoms with van der Waals surface area (Å²) in [5, 5.41) is 27.3. The fourth-order valence-corrected chi connectivity index (χ4v) is 22.2. The van der Waals surface area contributed by atoms with Crippen molar-refractivity contribution in [3.63, 3.8) is 0 Å². The van der Waals surface area contributed by atoms with Crippen LogP contribution in [0.3, 0.4) is 0 Å². The van der Waals surface area contributed by atoms with Crippen LogP contribution in [0.5, 0.6) is 5.75 Å². The Bertz CT molecular complexity index is 3090. The summed E-state index contributed by atoms with van der Waals surface area (Å²) in [6, 6.07) is 39.0. The van der Waals surface area contributed by atoms with E-state index in [0.29, 0.717) is 28.8 Å². The normalized spacial score (nSPS) is 35.3. The van der Waals surface area contributed by atoms with E-state index >= 15 is 0 Å². The van der Waals surface area contributed by atoms with Crippen molar-refractivity contribution in [1.29, 1.82) is 5.26 Å².